The number of hydrogen-bond acceptors (Lipinski definition) is 3. The molecule has 0 fully saturated rings. The molecule has 0 radical (unpaired) electrons. The van der Waals surface area contributed by atoms with Crippen molar-refractivity contribution >= 4 is 5.91 Å². The van der Waals surface area contributed by atoms with Crippen LogP contribution in [0.15, 0.2) is 24.3 Å². The molecule has 1 N–H and O–H groups in total. The molecule has 0 atom stereocenters. The Hall–Kier alpha value is -1.55. The van der Waals surface area contributed by atoms with Crippen molar-refractivity contribution in [3.63, 3.8) is 0 Å². The van der Waals surface area contributed by atoms with Gasteiger partial charge in [0.15, 0.2) is 0 Å². The summed E-state index contributed by atoms with van der Waals surface area (Å²) in [5, 5.41) is 9.69. The second kappa shape index (κ2) is 5.87. The van der Waals surface area contributed by atoms with E-state index in [9.17, 15) is 9.90 Å². The quantitative estimate of drug-likeness (QED) is 0.862. The largest absolute Gasteiger partial charge is 0.496 e. The zero-order valence-electron chi connectivity index (χ0n) is 11.4. The summed E-state index contributed by atoms with van der Waals surface area (Å²) in [7, 11) is 3.28. The molecule has 0 unspecified atom stereocenters. The lowest BCUT2D eigenvalue weighted by Crippen LogP contribution is -2.40. The summed E-state index contributed by atoms with van der Waals surface area (Å²) in [6, 6.07) is 7.45. The van der Waals surface area contributed by atoms with Gasteiger partial charge in [-0.15, -0.1) is 0 Å². The highest BCUT2D eigenvalue weighted by molar-refractivity contribution is 5.79. The first-order valence-electron chi connectivity index (χ1n) is 5.92. The second-order valence-electron chi connectivity index (χ2n) is 5.05. The van der Waals surface area contributed by atoms with Gasteiger partial charge in [-0.2, -0.15) is 0 Å². The van der Waals surface area contributed by atoms with E-state index in [0.717, 1.165) is 5.56 Å². The van der Waals surface area contributed by atoms with E-state index < -0.39 is 5.60 Å². The Morgan fingerprint density at radius 3 is 2.56 bits per heavy atom. The number of ether oxygens (including phenoxy) is 1. The van der Waals surface area contributed by atoms with Crippen LogP contribution in [0.2, 0.25) is 0 Å². The number of likely N-dealkylation sites (N-methyl/N-ethyl adjacent to an activating group) is 1. The Kier molecular flexibility index (Phi) is 4.73. The van der Waals surface area contributed by atoms with Crippen LogP contribution in [0.25, 0.3) is 0 Å². The highest BCUT2D eigenvalue weighted by atomic mass is 16.5. The van der Waals surface area contributed by atoms with Crippen molar-refractivity contribution in [3.05, 3.63) is 29.8 Å². The van der Waals surface area contributed by atoms with Gasteiger partial charge >= 0.3 is 0 Å². The van der Waals surface area contributed by atoms with Gasteiger partial charge in [0.2, 0.25) is 5.91 Å². The van der Waals surface area contributed by atoms with E-state index in [-0.39, 0.29) is 12.3 Å². The third-order valence-corrected chi connectivity index (χ3v) is 2.58. The maximum Gasteiger partial charge on any atom is 0.226 e. The fourth-order valence-corrected chi connectivity index (χ4v) is 1.82. The van der Waals surface area contributed by atoms with E-state index in [0.29, 0.717) is 12.3 Å². The number of carbonyl (C=O) groups is 1. The fourth-order valence-electron chi connectivity index (χ4n) is 1.82. The van der Waals surface area contributed by atoms with Gasteiger partial charge in [0.05, 0.1) is 19.1 Å². The van der Waals surface area contributed by atoms with Crippen LogP contribution in [0, 0.1) is 0 Å². The monoisotopic (exact) mass is 251 g/mol. The van der Waals surface area contributed by atoms with E-state index in [1.54, 1.807) is 28.0 Å². The molecule has 0 saturated carbocycles. The average Bonchev–Trinajstić information content (AvgIpc) is 2.27. The number of methoxy groups -OCH3 is 1. The van der Waals surface area contributed by atoms with Gasteiger partial charge < -0.3 is 14.7 Å². The minimum Gasteiger partial charge on any atom is -0.496 e. The Morgan fingerprint density at radius 2 is 2.00 bits per heavy atom. The summed E-state index contributed by atoms with van der Waals surface area (Å²) in [5.74, 6) is 0.670. The third-order valence-electron chi connectivity index (χ3n) is 2.58. The molecule has 0 bridgehead atoms. The molecule has 1 amide bonds. The minimum atomic E-state index is -0.884. The molecule has 1 aromatic rings. The van der Waals surface area contributed by atoms with Gasteiger partial charge in [-0.05, 0) is 19.9 Å². The van der Waals surface area contributed by atoms with Crippen LogP contribution in [-0.4, -0.2) is 42.2 Å². The van der Waals surface area contributed by atoms with Crippen molar-refractivity contribution in [1.82, 2.24) is 4.90 Å². The van der Waals surface area contributed by atoms with Crippen LogP contribution < -0.4 is 4.74 Å². The third kappa shape index (κ3) is 4.37. The number of nitrogens with zero attached hydrogens (tertiary/aromatic N) is 1. The standard InChI is InChI=1S/C14H21NO3/c1-14(2,17)10-15(3)13(16)9-11-7-5-6-8-12(11)18-4/h5-8,17H,9-10H2,1-4H3. The van der Waals surface area contributed by atoms with E-state index >= 15 is 0 Å². The Morgan fingerprint density at radius 1 is 1.39 bits per heavy atom. The second-order valence-corrected chi connectivity index (χ2v) is 5.05. The zero-order chi connectivity index (χ0) is 13.8. The highest BCUT2D eigenvalue weighted by Gasteiger charge is 2.20. The van der Waals surface area contributed by atoms with Crippen molar-refractivity contribution in [3.8, 4) is 5.75 Å². The summed E-state index contributed by atoms with van der Waals surface area (Å²) >= 11 is 0. The zero-order valence-corrected chi connectivity index (χ0v) is 11.4. The summed E-state index contributed by atoms with van der Waals surface area (Å²) in [5.41, 5.74) is -0.0295. The molecule has 100 valence electrons. The average molecular weight is 251 g/mol. The Labute approximate surface area is 108 Å². The van der Waals surface area contributed by atoms with Gasteiger partial charge in [0.1, 0.15) is 5.75 Å². The van der Waals surface area contributed by atoms with Crippen LogP contribution in [-0.2, 0) is 11.2 Å². The number of para-hydroxylation sites is 1. The molecule has 0 aliphatic carbocycles. The van der Waals surface area contributed by atoms with Gasteiger partial charge in [-0.1, -0.05) is 18.2 Å². The van der Waals surface area contributed by atoms with E-state index in [4.69, 9.17) is 4.74 Å². The lowest BCUT2D eigenvalue weighted by Gasteiger charge is -2.25. The first kappa shape index (κ1) is 14.5. The van der Waals surface area contributed by atoms with Crippen molar-refractivity contribution < 1.29 is 14.6 Å². The molecule has 0 saturated heterocycles. The van der Waals surface area contributed by atoms with Gasteiger partial charge in [0.25, 0.3) is 0 Å². The fraction of sp³-hybridized carbons (Fsp3) is 0.500. The minimum absolute atomic E-state index is 0.0402. The number of rotatable bonds is 5. The lowest BCUT2D eigenvalue weighted by atomic mass is 10.1. The highest BCUT2D eigenvalue weighted by Crippen LogP contribution is 2.18. The van der Waals surface area contributed by atoms with Gasteiger partial charge in [-0.25, -0.2) is 0 Å². The molecular weight excluding hydrogens is 230 g/mol. The molecule has 18 heavy (non-hydrogen) atoms. The molecule has 0 spiro atoms. The van der Waals surface area contributed by atoms with E-state index in [2.05, 4.69) is 0 Å². The maximum atomic E-state index is 12.0. The molecule has 0 aromatic heterocycles. The maximum absolute atomic E-state index is 12.0. The predicted molar refractivity (Wildman–Crippen MR) is 70.6 cm³/mol. The van der Waals surface area contributed by atoms with Crippen molar-refractivity contribution in [1.29, 1.82) is 0 Å². The summed E-state index contributed by atoms with van der Waals surface area (Å²) < 4.78 is 5.21. The van der Waals surface area contributed by atoms with Crippen LogP contribution in [0.3, 0.4) is 0 Å². The van der Waals surface area contributed by atoms with Crippen molar-refractivity contribution in [2.45, 2.75) is 25.9 Å². The van der Waals surface area contributed by atoms with Crippen molar-refractivity contribution in [2.24, 2.45) is 0 Å². The van der Waals surface area contributed by atoms with Crippen LogP contribution in [0.1, 0.15) is 19.4 Å². The predicted octanol–water partition coefficient (Wildman–Crippen LogP) is 1.47. The topological polar surface area (TPSA) is 49.8 Å². The molecular formula is C14H21NO3. The van der Waals surface area contributed by atoms with Crippen LogP contribution in [0.4, 0.5) is 0 Å². The number of carbonyl (C=O) groups excluding carboxylic acids is 1. The molecule has 4 nitrogen and oxygen atoms in total. The number of benzene rings is 1. The molecule has 0 aliphatic rings. The van der Waals surface area contributed by atoms with Crippen LogP contribution >= 0.6 is 0 Å². The van der Waals surface area contributed by atoms with Crippen LogP contribution in [0.5, 0.6) is 5.75 Å². The number of aliphatic hydroxyl groups is 1. The van der Waals surface area contributed by atoms with Gasteiger partial charge in [0, 0.05) is 19.2 Å². The normalized spacial score (nSPS) is 11.2. The summed E-state index contributed by atoms with van der Waals surface area (Å²) in [6.45, 7) is 3.67. The molecule has 0 aliphatic heterocycles. The molecule has 1 rings (SSSR count). The Balaban J connectivity index is 2.70. The summed E-state index contributed by atoms with van der Waals surface area (Å²) in [6.07, 6.45) is 0.274. The van der Waals surface area contributed by atoms with E-state index in [1.165, 1.54) is 4.90 Å². The molecule has 0 heterocycles. The number of hydrogen-bond donors (Lipinski definition) is 1. The smallest absolute Gasteiger partial charge is 0.226 e. The molecule has 1 aromatic carbocycles. The Bertz CT molecular complexity index is 410. The molecule has 4 heteroatoms. The number of amides is 1. The first-order chi connectivity index (χ1) is 8.33. The SMILES string of the molecule is COc1ccccc1CC(=O)N(C)CC(C)(C)O. The first-order valence-corrected chi connectivity index (χ1v) is 5.92. The summed E-state index contributed by atoms with van der Waals surface area (Å²) in [4.78, 5) is 13.6. The van der Waals surface area contributed by atoms with Gasteiger partial charge in [-0.3, -0.25) is 4.79 Å². The van der Waals surface area contributed by atoms with E-state index in [1.807, 2.05) is 24.3 Å². The van der Waals surface area contributed by atoms with Crippen molar-refractivity contribution in [2.75, 3.05) is 20.7 Å². The lowest BCUT2D eigenvalue weighted by molar-refractivity contribution is -0.131.